The molecule has 3 aromatic rings. The highest BCUT2D eigenvalue weighted by Crippen LogP contribution is 2.29. The SMILES string of the molecule is CCCOc1ccc(C(=O)Oc2ccc(/C=N\NC(=O)COc3ccccc3Cl)cc2OCC)cc1. The Labute approximate surface area is 214 Å². The number of esters is 1. The lowest BCUT2D eigenvalue weighted by Gasteiger charge is -2.12. The third-order valence-electron chi connectivity index (χ3n) is 4.63. The lowest BCUT2D eigenvalue weighted by Crippen LogP contribution is -2.24. The Bertz CT molecular complexity index is 1200. The molecule has 0 aliphatic heterocycles. The number of halogens is 1. The van der Waals surface area contributed by atoms with E-state index < -0.39 is 11.9 Å². The van der Waals surface area contributed by atoms with E-state index >= 15 is 0 Å². The summed E-state index contributed by atoms with van der Waals surface area (Å²) in [5.41, 5.74) is 3.39. The van der Waals surface area contributed by atoms with Gasteiger partial charge in [-0.25, -0.2) is 10.2 Å². The summed E-state index contributed by atoms with van der Waals surface area (Å²) < 4.78 is 22.1. The topological polar surface area (TPSA) is 95.5 Å². The highest BCUT2D eigenvalue weighted by Gasteiger charge is 2.14. The van der Waals surface area contributed by atoms with Crippen LogP contribution >= 0.6 is 11.6 Å². The van der Waals surface area contributed by atoms with E-state index in [0.717, 1.165) is 6.42 Å². The van der Waals surface area contributed by atoms with Gasteiger partial charge in [0.05, 0.1) is 30.0 Å². The zero-order valence-electron chi connectivity index (χ0n) is 20.0. The zero-order valence-corrected chi connectivity index (χ0v) is 20.8. The van der Waals surface area contributed by atoms with Crippen molar-refractivity contribution in [3.63, 3.8) is 0 Å². The molecule has 0 heterocycles. The Balaban J connectivity index is 1.58. The van der Waals surface area contributed by atoms with E-state index in [9.17, 15) is 9.59 Å². The van der Waals surface area contributed by atoms with Gasteiger partial charge in [-0.05, 0) is 73.5 Å². The van der Waals surface area contributed by atoms with Gasteiger partial charge in [0.1, 0.15) is 11.5 Å². The van der Waals surface area contributed by atoms with Crippen LogP contribution in [0.5, 0.6) is 23.0 Å². The molecule has 188 valence electrons. The van der Waals surface area contributed by atoms with Crippen LogP contribution in [0, 0.1) is 0 Å². The fourth-order valence-electron chi connectivity index (χ4n) is 2.94. The van der Waals surface area contributed by atoms with Crippen molar-refractivity contribution in [2.45, 2.75) is 20.3 Å². The molecule has 0 aliphatic rings. The molecule has 0 fully saturated rings. The van der Waals surface area contributed by atoms with Crippen LogP contribution in [0.25, 0.3) is 0 Å². The van der Waals surface area contributed by atoms with Gasteiger partial charge >= 0.3 is 5.97 Å². The molecule has 0 aliphatic carbocycles. The fourth-order valence-corrected chi connectivity index (χ4v) is 3.13. The molecule has 0 radical (unpaired) electrons. The Morgan fingerprint density at radius 1 is 0.917 bits per heavy atom. The van der Waals surface area contributed by atoms with Crippen LogP contribution in [-0.4, -0.2) is 37.9 Å². The lowest BCUT2D eigenvalue weighted by atomic mass is 10.2. The van der Waals surface area contributed by atoms with Gasteiger partial charge in [-0.2, -0.15) is 5.10 Å². The largest absolute Gasteiger partial charge is 0.494 e. The van der Waals surface area contributed by atoms with Gasteiger partial charge in [-0.15, -0.1) is 0 Å². The van der Waals surface area contributed by atoms with E-state index in [0.29, 0.717) is 46.6 Å². The maximum absolute atomic E-state index is 12.6. The first-order chi connectivity index (χ1) is 17.5. The number of para-hydroxylation sites is 1. The molecule has 8 nitrogen and oxygen atoms in total. The predicted molar refractivity (Wildman–Crippen MR) is 137 cm³/mol. The Kier molecular flexibility index (Phi) is 10.1. The normalized spacial score (nSPS) is 10.6. The van der Waals surface area contributed by atoms with Crippen molar-refractivity contribution in [2.24, 2.45) is 5.10 Å². The number of rotatable bonds is 12. The molecule has 36 heavy (non-hydrogen) atoms. The van der Waals surface area contributed by atoms with Gasteiger partial charge in [-0.3, -0.25) is 4.79 Å². The maximum atomic E-state index is 12.6. The number of amides is 1. The maximum Gasteiger partial charge on any atom is 0.343 e. The quantitative estimate of drug-likeness (QED) is 0.154. The summed E-state index contributed by atoms with van der Waals surface area (Å²) >= 11 is 6.00. The third-order valence-corrected chi connectivity index (χ3v) is 4.94. The Hall–Kier alpha value is -4.04. The first-order valence-corrected chi connectivity index (χ1v) is 11.8. The molecular formula is C27H27ClN2O6. The van der Waals surface area contributed by atoms with Crippen LogP contribution in [-0.2, 0) is 4.79 Å². The lowest BCUT2D eigenvalue weighted by molar-refractivity contribution is -0.123. The van der Waals surface area contributed by atoms with E-state index in [1.54, 1.807) is 66.7 Å². The van der Waals surface area contributed by atoms with Crippen LogP contribution in [0.15, 0.2) is 71.8 Å². The van der Waals surface area contributed by atoms with Gasteiger partial charge in [0.2, 0.25) is 0 Å². The van der Waals surface area contributed by atoms with Crippen molar-refractivity contribution in [3.05, 3.63) is 82.9 Å². The fraction of sp³-hybridized carbons (Fsp3) is 0.222. The molecule has 9 heteroatoms. The van der Waals surface area contributed by atoms with Gasteiger partial charge in [-0.1, -0.05) is 30.7 Å². The molecule has 0 bridgehead atoms. The number of hydrogen-bond donors (Lipinski definition) is 1. The summed E-state index contributed by atoms with van der Waals surface area (Å²) in [6.07, 6.45) is 2.34. The molecule has 0 saturated carbocycles. The second kappa shape index (κ2) is 13.7. The summed E-state index contributed by atoms with van der Waals surface area (Å²) in [5, 5.41) is 4.35. The van der Waals surface area contributed by atoms with Crippen molar-refractivity contribution >= 4 is 29.7 Å². The predicted octanol–water partition coefficient (Wildman–Crippen LogP) is 5.28. The molecule has 0 saturated heterocycles. The molecule has 3 rings (SSSR count). The molecule has 0 unspecified atom stereocenters. The van der Waals surface area contributed by atoms with Crippen LogP contribution in [0.4, 0.5) is 0 Å². The number of benzene rings is 3. The zero-order chi connectivity index (χ0) is 25.8. The molecular weight excluding hydrogens is 484 g/mol. The number of carbonyl (C=O) groups is 2. The van der Waals surface area contributed by atoms with Crippen molar-refractivity contribution in [1.29, 1.82) is 0 Å². The highest BCUT2D eigenvalue weighted by molar-refractivity contribution is 6.32. The van der Waals surface area contributed by atoms with Crippen LogP contribution < -0.4 is 24.4 Å². The molecule has 0 spiro atoms. The number of ether oxygens (including phenoxy) is 4. The Morgan fingerprint density at radius 3 is 2.42 bits per heavy atom. The van der Waals surface area contributed by atoms with E-state index in [-0.39, 0.29) is 12.4 Å². The number of hydrogen-bond acceptors (Lipinski definition) is 7. The minimum Gasteiger partial charge on any atom is -0.494 e. The monoisotopic (exact) mass is 510 g/mol. The summed E-state index contributed by atoms with van der Waals surface area (Å²) in [5.74, 6) is 0.756. The molecule has 1 amide bonds. The highest BCUT2D eigenvalue weighted by atomic mass is 35.5. The molecule has 0 aromatic heterocycles. The molecule has 0 atom stereocenters. The van der Waals surface area contributed by atoms with E-state index in [4.69, 9.17) is 30.5 Å². The minimum absolute atomic E-state index is 0.244. The van der Waals surface area contributed by atoms with Crippen LogP contribution in [0.3, 0.4) is 0 Å². The number of hydrazone groups is 1. The Morgan fingerprint density at radius 2 is 1.69 bits per heavy atom. The van der Waals surface area contributed by atoms with E-state index in [1.165, 1.54) is 6.21 Å². The second-order valence-corrected chi connectivity index (χ2v) is 7.82. The average Bonchev–Trinajstić information content (AvgIpc) is 2.89. The standard InChI is InChI=1S/C27H27ClN2O6/c1-3-15-34-21-12-10-20(11-13-21)27(32)36-24-14-9-19(16-25(24)33-4-2)17-29-30-26(31)18-35-23-8-6-5-7-22(23)28/h5-14,16-17H,3-4,15,18H2,1-2H3,(H,30,31)/b29-17-. The average molecular weight is 511 g/mol. The van der Waals surface area contributed by atoms with Crippen molar-refractivity contribution in [3.8, 4) is 23.0 Å². The van der Waals surface area contributed by atoms with Crippen molar-refractivity contribution in [2.75, 3.05) is 19.8 Å². The van der Waals surface area contributed by atoms with Gasteiger partial charge in [0.25, 0.3) is 5.91 Å². The third kappa shape index (κ3) is 8.02. The molecule has 1 N–H and O–H groups in total. The van der Waals surface area contributed by atoms with Gasteiger partial charge in [0, 0.05) is 0 Å². The van der Waals surface area contributed by atoms with Crippen molar-refractivity contribution < 1.29 is 28.5 Å². The number of nitrogens with zero attached hydrogens (tertiary/aromatic N) is 1. The number of carbonyl (C=O) groups excluding carboxylic acids is 2. The van der Waals surface area contributed by atoms with E-state index in [2.05, 4.69) is 10.5 Å². The summed E-state index contributed by atoms with van der Waals surface area (Å²) in [4.78, 5) is 24.6. The van der Waals surface area contributed by atoms with Crippen molar-refractivity contribution in [1.82, 2.24) is 5.43 Å². The van der Waals surface area contributed by atoms with Crippen LogP contribution in [0.2, 0.25) is 5.02 Å². The minimum atomic E-state index is -0.523. The molecule has 3 aromatic carbocycles. The number of nitrogens with one attached hydrogen (secondary N) is 1. The van der Waals surface area contributed by atoms with Gasteiger partial charge < -0.3 is 18.9 Å². The first-order valence-electron chi connectivity index (χ1n) is 11.4. The summed E-state index contributed by atoms with van der Waals surface area (Å²) in [7, 11) is 0. The second-order valence-electron chi connectivity index (χ2n) is 7.41. The smallest absolute Gasteiger partial charge is 0.343 e. The van der Waals surface area contributed by atoms with Gasteiger partial charge in [0.15, 0.2) is 18.1 Å². The van der Waals surface area contributed by atoms with E-state index in [1.807, 2.05) is 13.8 Å². The first kappa shape index (κ1) is 26.6. The summed E-state index contributed by atoms with van der Waals surface area (Å²) in [6, 6.07) is 18.5. The van der Waals surface area contributed by atoms with Crippen LogP contribution in [0.1, 0.15) is 36.2 Å². The summed E-state index contributed by atoms with van der Waals surface area (Å²) in [6.45, 7) is 4.57.